The molecule has 1 heterocycles. The summed E-state index contributed by atoms with van der Waals surface area (Å²) in [5.74, 6) is 1.75. The van der Waals surface area contributed by atoms with Gasteiger partial charge in [0.1, 0.15) is 0 Å². The molecule has 0 aromatic carbocycles. The van der Waals surface area contributed by atoms with Gasteiger partial charge in [0.05, 0.1) is 13.1 Å². The standard InChI is InChI=1S/C17H30N4O2/c22-16(18-10-14-2-3-14)12-20-6-1-7-21(9-8-20)13-17(23)19-11-15-4-5-15/h14-15H,1-13H2,(H,18,22)(H,19,23). The van der Waals surface area contributed by atoms with Crippen molar-refractivity contribution in [3.63, 3.8) is 0 Å². The maximum absolute atomic E-state index is 11.9. The Morgan fingerprint density at radius 1 is 0.739 bits per heavy atom. The van der Waals surface area contributed by atoms with E-state index in [1.165, 1.54) is 25.7 Å². The summed E-state index contributed by atoms with van der Waals surface area (Å²) in [5, 5.41) is 6.06. The molecule has 6 nitrogen and oxygen atoms in total. The fraction of sp³-hybridized carbons (Fsp3) is 0.882. The van der Waals surface area contributed by atoms with Crippen LogP contribution in [0.15, 0.2) is 0 Å². The van der Waals surface area contributed by atoms with Gasteiger partial charge in [0.15, 0.2) is 0 Å². The summed E-state index contributed by atoms with van der Waals surface area (Å²) < 4.78 is 0. The molecule has 0 aromatic rings. The number of carbonyl (C=O) groups excluding carboxylic acids is 2. The number of hydrogen-bond acceptors (Lipinski definition) is 4. The Hall–Kier alpha value is -1.14. The van der Waals surface area contributed by atoms with E-state index in [4.69, 9.17) is 0 Å². The number of amides is 2. The second-order valence-corrected chi connectivity index (χ2v) is 7.40. The van der Waals surface area contributed by atoms with E-state index in [0.717, 1.165) is 57.5 Å². The van der Waals surface area contributed by atoms with Gasteiger partial charge in [0.25, 0.3) is 0 Å². The van der Waals surface area contributed by atoms with Crippen molar-refractivity contribution < 1.29 is 9.59 Å². The lowest BCUT2D eigenvalue weighted by molar-refractivity contribution is -0.123. The molecule has 2 saturated carbocycles. The molecule has 3 fully saturated rings. The van der Waals surface area contributed by atoms with Crippen LogP contribution in [0, 0.1) is 11.8 Å². The van der Waals surface area contributed by atoms with Crippen molar-refractivity contribution in [3.8, 4) is 0 Å². The summed E-state index contributed by atoms with van der Waals surface area (Å²) in [6.45, 7) is 6.30. The summed E-state index contributed by atoms with van der Waals surface area (Å²) in [6, 6.07) is 0. The van der Waals surface area contributed by atoms with Crippen LogP contribution < -0.4 is 10.6 Å². The van der Waals surface area contributed by atoms with E-state index in [9.17, 15) is 9.59 Å². The number of carbonyl (C=O) groups is 2. The van der Waals surface area contributed by atoms with Crippen LogP contribution in [0.3, 0.4) is 0 Å². The van der Waals surface area contributed by atoms with Crippen molar-refractivity contribution >= 4 is 11.8 Å². The maximum Gasteiger partial charge on any atom is 0.234 e. The molecular weight excluding hydrogens is 292 g/mol. The van der Waals surface area contributed by atoms with E-state index in [1.54, 1.807) is 0 Å². The van der Waals surface area contributed by atoms with Gasteiger partial charge in [0, 0.05) is 26.2 Å². The normalized spacial score (nSPS) is 23.3. The Labute approximate surface area is 139 Å². The van der Waals surface area contributed by atoms with E-state index in [-0.39, 0.29) is 11.8 Å². The predicted molar refractivity (Wildman–Crippen MR) is 89.0 cm³/mol. The molecule has 0 bridgehead atoms. The largest absolute Gasteiger partial charge is 0.355 e. The first-order valence-electron chi connectivity index (χ1n) is 9.17. The van der Waals surface area contributed by atoms with Gasteiger partial charge in [-0.25, -0.2) is 0 Å². The molecule has 0 aromatic heterocycles. The first-order chi connectivity index (χ1) is 11.2. The van der Waals surface area contributed by atoms with E-state index < -0.39 is 0 Å². The highest BCUT2D eigenvalue weighted by atomic mass is 16.2. The zero-order valence-corrected chi connectivity index (χ0v) is 14.1. The van der Waals surface area contributed by atoms with Gasteiger partial charge in [-0.1, -0.05) is 0 Å². The quantitative estimate of drug-likeness (QED) is 0.663. The van der Waals surface area contributed by atoms with Crippen LogP contribution in [-0.2, 0) is 9.59 Å². The van der Waals surface area contributed by atoms with E-state index in [1.807, 2.05) is 0 Å². The van der Waals surface area contributed by atoms with Gasteiger partial charge in [-0.15, -0.1) is 0 Å². The molecule has 2 aliphatic carbocycles. The number of nitrogens with zero attached hydrogens (tertiary/aromatic N) is 2. The van der Waals surface area contributed by atoms with Crippen molar-refractivity contribution in [2.75, 3.05) is 52.4 Å². The van der Waals surface area contributed by atoms with Crippen LogP contribution in [0.5, 0.6) is 0 Å². The molecule has 1 saturated heterocycles. The van der Waals surface area contributed by atoms with Gasteiger partial charge in [0.2, 0.25) is 11.8 Å². The average molecular weight is 322 g/mol. The van der Waals surface area contributed by atoms with Crippen LogP contribution in [0.4, 0.5) is 0 Å². The van der Waals surface area contributed by atoms with Crippen LogP contribution in [0.2, 0.25) is 0 Å². The van der Waals surface area contributed by atoms with Crippen molar-refractivity contribution in [1.82, 2.24) is 20.4 Å². The zero-order chi connectivity index (χ0) is 16.1. The highest BCUT2D eigenvalue weighted by Crippen LogP contribution is 2.27. The summed E-state index contributed by atoms with van der Waals surface area (Å²) in [4.78, 5) is 28.3. The molecule has 23 heavy (non-hydrogen) atoms. The Bertz CT molecular complexity index is 383. The van der Waals surface area contributed by atoms with E-state index in [2.05, 4.69) is 20.4 Å². The number of hydrogen-bond donors (Lipinski definition) is 2. The summed E-state index contributed by atoms with van der Waals surface area (Å²) in [7, 11) is 0. The lowest BCUT2D eigenvalue weighted by Crippen LogP contribution is -2.41. The minimum atomic E-state index is 0.146. The van der Waals surface area contributed by atoms with Gasteiger partial charge in [-0.3, -0.25) is 19.4 Å². The molecule has 3 aliphatic rings. The topological polar surface area (TPSA) is 64.7 Å². The molecule has 0 atom stereocenters. The third-order valence-electron chi connectivity index (χ3n) is 4.99. The highest BCUT2D eigenvalue weighted by Gasteiger charge is 2.24. The SMILES string of the molecule is O=C(CN1CCCN(CC(=O)NCC2CC2)CC1)NCC1CC1. The average Bonchev–Trinajstić information content (AvgIpc) is 3.40. The molecule has 3 rings (SSSR count). The Morgan fingerprint density at radius 3 is 1.57 bits per heavy atom. The first-order valence-corrected chi connectivity index (χ1v) is 9.17. The molecule has 0 unspecified atom stereocenters. The number of rotatable bonds is 8. The maximum atomic E-state index is 11.9. The fourth-order valence-corrected chi connectivity index (χ4v) is 3.02. The van der Waals surface area contributed by atoms with Crippen molar-refractivity contribution in [1.29, 1.82) is 0 Å². The molecule has 0 radical (unpaired) electrons. The van der Waals surface area contributed by atoms with Crippen molar-refractivity contribution in [3.05, 3.63) is 0 Å². The van der Waals surface area contributed by atoms with Crippen molar-refractivity contribution in [2.45, 2.75) is 32.1 Å². The third-order valence-corrected chi connectivity index (χ3v) is 4.99. The second-order valence-electron chi connectivity index (χ2n) is 7.40. The van der Waals surface area contributed by atoms with Gasteiger partial charge >= 0.3 is 0 Å². The van der Waals surface area contributed by atoms with Gasteiger partial charge in [-0.05, 0) is 57.0 Å². The summed E-state index contributed by atoms with van der Waals surface area (Å²) >= 11 is 0. The van der Waals surface area contributed by atoms with Crippen LogP contribution in [0.1, 0.15) is 32.1 Å². The first kappa shape index (κ1) is 16.7. The summed E-state index contributed by atoms with van der Waals surface area (Å²) in [5.41, 5.74) is 0. The number of nitrogens with one attached hydrogen (secondary N) is 2. The lowest BCUT2D eigenvalue weighted by Gasteiger charge is -2.21. The molecule has 130 valence electrons. The van der Waals surface area contributed by atoms with E-state index >= 15 is 0 Å². The Morgan fingerprint density at radius 2 is 1.17 bits per heavy atom. The molecule has 6 heteroatoms. The second kappa shape index (κ2) is 8.11. The molecule has 2 amide bonds. The highest BCUT2D eigenvalue weighted by molar-refractivity contribution is 5.78. The van der Waals surface area contributed by atoms with Crippen LogP contribution in [-0.4, -0.2) is 74.0 Å². The Kier molecular flexibility index (Phi) is 5.89. The van der Waals surface area contributed by atoms with Crippen LogP contribution >= 0.6 is 0 Å². The van der Waals surface area contributed by atoms with Crippen LogP contribution in [0.25, 0.3) is 0 Å². The fourth-order valence-electron chi connectivity index (χ4n) is 3.02. The van der Waals surface area contributed by atoms with Gasteiger partial charge < -0.3 is 10.6 Å². The molecule has 0 spiro atoms. The Balaban J connectivity index is 1.31. The monoisotopic (exact) mass is 322 g/mol. The third kappa shape index (κ3) is 6.47. The molecular formula is C17H30N4O2. The minimum absolute atomic E-state index is 0.146. The smallest absolute Gasteiger partial charge is 0.234 e. The lowest BCUT2D eigenvalue weighted by atomic mass is 10.3. The molecule has 1 aliphatic heterocycles. The predicted octanol–water partition coefficient (Wildman–Crippen LogP) is 0.0465. The van der Waals surface area contributed by atoms with Crippen molar-refractivity contribution in [2.24, 2.45) is 11.8 Å². The van der Waals surface area contributed by atoms with Gasteiger partial charge in [-0.2, -0.15) is 0 Å². The minimum Gasteiger partial charge on any atom is -0.355 e. The summed E-state index contributed by atoms with van der Waals surface area (Å²) in [6.07, 6.45) is 6.08. The zero-order valence-electron chi connectivity index (χ0n) is 14.1. The van der Waals surface area contributed by atoms with E-state index in [0.29, 0.717) is 13.1 Å². The molecule has 2 N–H and O–H groups in total.